The molecule has 6 heterocycles. The highest BCUT2D eigenvalue weighted by Crippen LogP contribution is 2.38. The average molecular weight is 916 g/mol. The molecule has 0 aliphatic rings. The highest BCUT2D eigenvalue weighted by atomic mass is 16.5. The van der Waals surface area contributed by atoms with Gasteiger partial charge in [0.15, 0.2) is 0 Å². The summed E-state index contributed by atoms with van der Waals surface area (Å²) < 4.78 is 17.9. The maximum atomic E-state index is 6.79. The molecule has 71 heavy (non-hydrogen) atoms. The summed E-state index contributed by atoms with van der Waals surface area (Å²) in [5.41, 5.74) is 11.5. The van der Waals surface area contributed by atoms with E-state index >= 15 is 0 Å². The normalized spacial score (nSPS) is 12.2. The van der Waals surface area contributed by atoms with Crippen molar-refractivity contribution in [2.45, 2.75) is 26.2 Å². The second-order valence-corrected chi connectivity index (χ2v) is 19.3. The Kier molecular flexibility index (Phi) is 8.98. The number of rotatable bonds is 7. The average Bonchev–Trinajstić information content (AvgIpc) is 4.15. The molecular formula is C63H45N7O. The molecule has 8 aromatic carbocycles. The molecule has 0 atom stereocenters. The van der Waals surface area contributed by atoms with Crippen LogP contribution < -0.4 is 9.30 Å². The van der Waals surface area contributed by atoms with E-state index in [1.165, 1.54) is 32.5 Å². The van der Waals surface area contributed by atoms with Gasteiger partial charge in [0.2, 0.25) is 0 Å². The molecule has 0 N–H and O–H groups in total. The van der Waals surface area contributed by atoms with Crippen LogP contribution >= 0.6 is 0 Å². The van der Waals surface area contributed by atoms with Crippen molar-refractivity contribution in [3.8, 4) is 40.3 Å². The molecule has 14 rings (SSSR count). The van der Waals surface area contributed by atoms with E-state index in [4.69, 9.17) is 14.7 Å². The number of imidazole rings is 1. The quantitative estimate of drug-likeness (QED) is 0.118. The van der Waals surface area contributed by atoms with Crippen molar-refractivity contribution in [2.75, 3.05) is 0 Å². The van der Waals surface area contributed by atoms with Gasteiger partial charge < -0.3 is 4.74 Å². The number of pyridine rings is 2. The fourth-order valence-corrected chi connectivity index (χ4v) is 10.7. The summed E-state index contributed by atoms with van der Waals surface area (Å²) in [6, 6.07) is 74.6. The van der Waals surface area contributed by atoms with E-state index in [0.717, 1.165) is 84.1 Å². The van der Waals surface area contributed by atoms with Gasteiger partial charge in [0.1, 0.15) is 29.0 Å². The Hall–Kier alpha value is -9.27. The van der Waals surface area contributed by atoms with Gasteiger partial charge >= 0.3 is 0 Å². The standard InChI is InChI=1S/C63H45N7O/c1-63(2,3)41-33-34-64-60(35-41)70-56-28-13-8-23-50(56)51-32-31-45(39-59(51)70)71-44-18-16-17-42(36-44)66-40-67(58-30-15-14-29-57(58)66)43-37-61(68-52-24-9-4-19-46(52)47-20-5-10-25-53(47)68)65-62(38-43)69-54-26-11-6-21-48(54)49-22-7-12-27-55(49)69/h4-39H,1-3H3. The Morgan fingerprint density at radius 3 is 1.45 bits per heavy atom. The van der Waals surface area contributed by atoms with Crippen LogP contribution in [-0.2, 0) is 5.41 Å². The second-order valence-electron chi connectivity index (χ2n) is 19.3. The zero-order valence-electron chi connectivity index (χ0n) is 39.3. The van der Waals surface area contributed by atoms with Crippen molar-refractivity contribution >= 4 is 76.5 Å². The third kappa shape index (κ3) is 6.48. The summed E-state index contributed by atoms with van der Waals surface area (Å²) in [5, 5.41) is 7.02. The molecule has 0 fully saturated rings. The summed E-state index contributed by atoms with van der Waals surface area (Å²) in [6.07, 6.45) is 5.72. The minimum Gasteiger partial charge on any atom is -0.458 e. The van der Waals surface area contributed by atoms with E-state index in [1.54, 1.807) is 0 Å². The predicted molar refractivity (Wildman–Crippen MR) is 287 cm³/mol. The first-order valence-electron chi connectivity index (χ1n) is 24.1. The lowest BCUT2D eigenvalue weighted by molar-refractivity contribution is -0.572. The predicted octanol–water partition coefficient (Wildman–Crippen LogP) is 14.9. The molecule has 8 nitrogen and oxygen atoms in total. The molecule has 8 heteroatoms. The first kappa shape index (κ1) is 40.8. The van der Waals surface area contributed by atoms with Crippen LogP contribution in [0.4, 0.5) is 0 Å². The van der Waals surface area contributed by atoms with Crippen molar-refractivity contribution in [1.82, 2.24) is 28.2 Å². The lowest BCUT2D eigenvalue weighted by Crippen LogP contribution is -2.30. The maximum absolute atomic E-state index is 6.79. The SMILES string of the molecule is CC(C)(C)c1ccnc(-n2c3ccccc3c3ccc(Oc4cccc(-n5[c-][n+](-c6cc(-n7c8ccccc8c8ccccc87)nc(-n7c8ccccc8c8ccccc87)c6)c6ccccc65)c4)cc32)c1. The monoisotopic (exact) mass is 915 g/mol. The minimum atomic E-state index is -0.0252. The van der Waals surface area contributed by atoms with Gasteiger partial charge in [0, 0.05) is 44.6 Å². The van der Waals surface area contributed by atoms with E-state index in [0.29, 0.717) is 5.75 Å². The summed E-state index contributed by atoms with van der Waals surface area (Å²) in [4.78, 5) is 10.5. The highest BCUT2D eigenvalue weighted by Gasteiger charge is 2.22. The van der Waals surface area contributed by atoms with Gasteiger partial charge in [-0.2, -0.15) is 0 Å². The molecule has 0 aliphatic carbocycles. The molecule has 0 saturated heterocycles. The van der Waals surface area contributed by atoms with Crippen molar-refractivity contribution < 1.29 is 9.30 Å². The van der Waals surface area contributed by atoms with Crippen molar-refractivity contribution in [3.05, 3.63) is 230 Å². The Balaban J connectivity index is 0.921. The third-order valence-corrected chi connectivity index (χ3v) is 14.0. The van der Waals surface area contributed by atoms with Gasteiger partial charge in [0.05, 0.1) is 55.5 Å². The molecule has 0 radical (unpaired) electrons. The smallest absolute Gasteiger partial charge is 0.269 e. The van der Waals surface area contributed by atoms with Crippen LogP contribution in [0, 0.1) is 6.33 Å². The molecule has 6 aromatic heterocycles. The summed E-state index contributed by atoms with van der Waals surface area (Å²) in [6.45, 7) is 6.70. The first-order chi connectivity index (χ1) is 34.8. The van der Waals surface area contributed by atoms with Crippen LogP contribution in [0.5, 0.6) is 11.5 Å². The van der Waals surface area contributed by atoms with E-state index in [9.17, 15) is 0 Å². The fourth-order valence-electron chi connectivity index (χ4n) is 10.7. The zero-order chi connectivity index (χ0) is 47.4. The number of ether oxygens (including phenoxy) is 1. The molecule has 0 bridgehead atoms. The summed E-state index contributed by atoms with van der Waals surface area (Å²) >= 11 is 0. The number of hydrogen-bond donors (Lipinski definition) is 0. The third-order valence-electron chi connectivity index (χ3n) is 14.0. The first-order valence-corrected chi connectivity index (χ1v) is 24.1. The topological polar surface area (TPSA) is 58.6 Å². The molecule has 0 amide bonds. The number of hydrogen-bond acceptors (Lipinski definition) is 3. The van der Waals surface area contributed by atoms with Crippen LogP contribution in [0.25, 0.3) is 105 Å². The lowest BCUT2D eigenvalue weighted by Gasteiger charge is -2.20. The van der Waals surface area contributed by atoms with E-state index in [2.05, 4.69) is 250 Å². The van der Waals surface area contributed by atoms with Crippen molar-refractivity contribution in [3.63, 3.8) is 0 Å². The Morgan fingerprint density at radius 2 is 0.901 bits per heavy atom. The van der Waals surface area contributed by atoms with E-state index in [1.807, 2.05) is 18.3 Å². The summed E-state index contributed by atoms with van der Waals surface area (Å²) in [5.74, 6) is 3.93. The van der Waals surface area contributed by atoms with Crippen molar-refractivity contribution in [1.29, 1.82) is 0 Å². The molecule has 0 unspecified atom stereocenters. The Morgan fingerprint density at radius 1 is 0.423 bits per heavy atom. The van der Waals surface area contributed by atoms with Gasteiger partial charge in [-0.05, 0) is 95.9 Å². The van der Waals surface area contributed by atoms with Gasteiger partial charge in [-0.15, -0.1) is 0 Å². The Bertz CT molecular complexity index is 4210. The van der Waals surface area contributed by atoms with Gasteiger partial charge in [0.25, 0.3) is 6.33 Å². The molecular weight excluding hydrogens is 871 g/mol. The van der Waals surface area contributed by atoms with Crippen LogP contribution in [0.15, 0.2) is 219 Å². The van der Waals surface area contributed by atoms with Crippen LogP contribution in [0.1, 0.15) is 26.3 Å². The second kappa shape index (κ2) is 15.6. The van der Waals surface area contributed by atoms with E-state index < -0.39 is 0 Å². The highest BCUT2D eigenvalue weighted by molar-refractivity contribution is 6.11. The number of para-hydroxylation sites is 7. The van der Waals surface area contributed by atoms with Crippen molar-refractivity contribution in [2.24, 2.45) is 0 Å². The molecule has 0 saturated carbocycles. The van der Waals surface area contributed by atoms with Gasteiger partial charge in [-0.3, -0.25) is 22.8 Å². The lowest BCUT2D eigenvalue weighted by atomic mass is 9.88. The molecule has 338 valence electrons. The van der Waals surface area contributed by atoms with Crippen LogP contribution in [-0.4, -0.2) is 28.2 Å². The van der Waals surface area contributed by atoms with E-state index in [-0.39, 0.29) is 5.41 Å². The van der Waals surface area contributed by atoms with Gasteiger partial charge in [-0.25, -0.2) is 9.97 Å². The van der Waals surface area contributed by atoms with Crippen LogP contribution in [0.2, 0.25) is 0 Å². The molecule has 0 spiro atoms. The van der Waals surface area contributed by atoms with Gasteiger partial charge in [-0.1, -0.05) is 142 Å². The number of aromatic nitrogens is 7. The number of benzene rings is 8. The summed E-state index contributed by atoms with van der Waals surface area (Å²) in [7, 11) is 0. The largest absolute Gasteiger partial charge is 0.458 e. The fraction of sp³-hybridized carbons (Fsp3) is 0.0635. The number of fused-ring (bicyclic) bond motifs is 10. The number of nitrogens with zero attached hydrogens (tertiary/aromatic N) is 7. The van der Waals surface area contributed by atoms with Crippen LogP contribution in [0.3, 0.4) is 0 Å². The molecule has 0 aliphatic heterocycles. The zero-order valence-corrected chi connectivity index (χ0v) is 39.3. The maximum Gasteiger partial charge on any atom is 0.269 e. The molecule has 14 aromatic rings. The minimum absolute atomic E-state index is 0.0252. The Labute approximate surface area is 409 Å².